The largest absolute Gasteiger partial charge is 0.495 e. The lowest BCUT2D eigenvalue weighted by Gasteiger charge is -2.43. The molecule has 3 aromatic rings. The number of halogens is 4. The van der Waals surface area contributed by atoms with Crippen molar-refractivity contribution >= 4 is 22.5 Å². The average Bonchev–Trinajstić information content (AvgIpc) is 3.19. The van der Waals surface area contributed by atoms with Crippen LogP contribution in [0.15, 0.2) is 42.6 Å². The van der Waals surface area contributed by atoms with E-state index in [1.807, 2.05) is 12.1 Å². The maximum absolute atomic E-state index is 14.5. The van der Waals surface area contributed by atoms with Crippen LogP contribution in [0, 0.1) is 5.82 Å². The van der Waals surface area contributed by atoms with Gasteiger partial charge < -0.3 is 9.64 Å². The maximum atomic E-state index is 14.5. The van der Waals surface area contributed by atoms with Crippen LogP contribution in [0.5, 0.6) is 5.75 Å². The van der Waals surface area contributed by atoms with Crippen molar-refractivity contribution in [1.29, 1.82) is 0 Å². The number of carbonyl (C=O) groups is 1. The molecule has 0 saturated carbocycles. The van der Waals surface area contributed by atoms with Crippen LogP contribution in [0.1, 0.15) is 29.8 Å². The third-order valence-electron chi connectivity index (χ3n) is 6.69. The topological polar surface area (TPSA) is 37.7 Å². The Balaban J connectivity index is 1.70. The molecule has 1 aliphatic rings. The highest BCUT2D eigenvalue weighted by atomic mass is 19.4. The summed E-state index contributed by atoms with van der Waals surface area (Å²) in [5.41, 5.74) is -0.246. The Morgan fingerprint density at radius 3 is 2.41 bits per heavy atom. The zero-order chi connectivity index (χ0) is 24.8. The van der Waals surface area contributed by atoms with Gasteiger partial charge in [0.15, 0.2) is 0 Å². The highest BCUT2D eigenvalue weighted by Gasteiger charge is 2.35. The van der Waals surface area contributed by atoms with Crippen LogP contribution in [0.4, 0.5) is 23.2 Å². The summed E-state index contributed by atoms with van der Waals surface area (Å²) in [6.45, 7) is 5.83. The van der Waals surface area contributed by atoms with Crippen molar-refractivity contribution in [2.75, 3.05) is 32.1 Å². The van der Waals surface area contributed by atoms with Gasteiger partial charge >= 0.3 is 6.18 Å². The fourth-order valence-corrected chi connectivity index (χ4v) is 4.56. The number of fused-ring (bicyclic) bond motifs is 1. The van der Waals surface area contributed by atoms with Crippen LogP contribution >= 0.6 is 0 Å². The van der Waals surface area contributed by atoms with Gasteiger partial charge in [-0.3, -0.25) is 14.3 Å². The number of hydrogen-bond acceptors (Lipinski definition) is 4. The Hall–Kier alpha value is -3.07. The van der Waals surface area contributed by atoms with Gasteiger partial charge in [0.05, 0.1) is 30.3 Å². The molecule has 2 atom stereocenters. The molecule has 0 spiro atoms. The Labute approximate surface area is 195 Å². The molecular formula is C25H27F4N3O2. The van der Waals surface area contributed by atoms with E-state index < -0.39 is 29.9 Å². The van der Waals surface area contributed by atoms with Crippen LogP contribution in [-0.4, -0.2) is 54.7 Å². The number of ether oxygens (including phenoxy) is 1. The van der Waals surface area contributed by atoms with Crippen LogP contribution < -0.4 is 9.64 Å². The number of nitrogens with zero attached hydrogens (tertiary/aromatic N) is 3. The first-order valence-corrected chi connectivity index (χ1v) is 11.0. The summed E-state index contributed by atoms with van der Waals surface area (Å²) in [5.74, 6) is -1.27. The first kappa shape index (κ1) is 24.1. The Morgan fingerprint density at radius 1 is 1.12 bits per heavy atom. The fourth-order valence-electron chi connectivity index (χ4n) is 4.56. The zero-order valence-electron chi connectivity index (χ0n) is 19.5. The Bertz CT molecular complexity index is 1210. The van der Waals surface area contributed by atoms with E-state index in [1.165, 1.54) is 10.6 Å². The van der Waals surface area contributed by atoms with E-state index in [-0.39, 0.29) is 5.56 Å². The predicted molar refractivity (Wildman–Crippen MR) is 123 cm³/mol. The van der Waals surface area contributed by atoms with E-state index >= 15 is 0 Å². The minimum absolute atomic E-state index is 0.294. The van der Waals surface area contributed by atoms with Gasteiger partial charge in [-0.15, -0.1) is 0 Å². The summed E-state index contributed by atoms with van der Waals surface area (Å²) in [5, 5.41) is 0.744. The minimum Gasteiger partial charge on any atom is -0.495 e. The van der Waals surface area contributed by atoms with Gasteiger partial charge in [-0.2, -0.15) is 13.2 Å². The van der Waals surface area contributed by atoms with Crippen molar-refractivity contribution in [3.05, 3.63) is 59.5 Å². The van der Waals surface area contributed by atoms with E-state index in [2.05, 4.69) is 30.7 Å². The van der Waals surface area contributed by atoms with E-state index in [1.54, 1.807) is 19.4 Å². The molecule has 0 radical (unpaired) electrons. The molecule has 2 heterocycles. The smallest absolute Gasteiger partial charge is 0.419 e. The summed E-state index contributed by atoms with van der Waals surface area (Å²) in [7, 11) is 3.68. The lowest BCUT2D eigenvalue weighted by Crippen LogP contribution is -2.55. The lowest BCUT2D eigenvalue weighted by molar-refractivity contribution is -0.140. The summed E-state index contributed by atoms with van der Waals surface area (Å²) in [4.78, 5) is 17.6. The fraction of sp³-hybridized carbons (Fsp3) is 0.400. The number of hydrogen-bond donors (Lipinski definition) is 0. The van der Waals surface area contributed by atoms with E-state index in [9.17, 15) is 22.4 Å². The first-order chi connectivity index (χ1) is 16.0. The molecule has 0 N–H and O–H groups in total. The summed E-state index contributed by atoms with van der Waals surface area (Å²) in [6.07, 6.45) is -3.77. The standard InChI is InChI=1S/C25H27F4N3O2/c1-15-13-31(14-16(2)30(15)3)21-12-20-17(10-22(21)34-4)8-9-32(20)23(33)11-18-6-5-7-19(24(18)26)25(27,28)29/h5-10,12,15-16H,11,13-14H2,1-4H3/t15-,16+. The molecule has 5 nitrogen and oxygen atoms in total. The zero-order valence-corrected chi connectivity index (χ0v) is 19.5. The number of rotatable bonds is 4. The summed E-state index contributed by atoms with van der Waals surface area (Å²) >= 11 is 0. The molecule has 1 saturated heterocycles. The van der Waals surface area contributed by atoms with Crippen molar-refractivity contribution in [2.24, 2.45) is 0 Å². The quantitative estimate of drug-likeness (QED) is 0.483. The number of alkyl halides is 3. The number of carbonyl (C=O) groups excluding carboxylic acids is 1. The van der Waals surface area contributed by atoms with E-state index in [4.69, 9.17) is 4.74 Å². The Morgan fingerprint density at radius 2 is 1.79 bits per heavy atom. The van der Waals surface area contributed by atoms with Crippen LogP contribution in [-0.2, 0) is 12.6 Å². The first-order valence-electron chi connectivity index (χ1n) is 11.0. The summed E-state index contributed by atoms with van der Waals surface area (Å²) < 4.78 is 60.7. The molecule has 2 aromatic carbocycles. The monoisotopic (exact) mass is 477 g/mol. The predicted octanol–water partition coefficient (Wildman–Crippen LogP) is 5.22. The Kier molecular flexibility index (Phi) is 6.33. The van der Waals surface area contributed by atoms with Crippen molar-refractivity contribution in [2.45, 2.75) is 38.5 Å². The molecule has 0 amide bonds. The minimum atomic E-state index is -4.83. The third kappa shape index (κ3) is 4.36. The molecule has 1 aliphatic heterocycles. The van der Waals surface area contributed by atoms with E-state index in [0.29, 0.717) is 29.4 Å². The second-order valence-electron chi connectivity index (χ2n) is 8.88. The second-order valence-corrected chi connectivity index (χ2v) is 8.88. The highest BCUT2D eigenvalue weighted by Crippen LogP contribution is 2.36. The highest BCUT2D eigenvalue weighted by molar-refractivity contribution is 5.96. The number of methoxy groups -OCH3 is 1. The van der Waals surface area contributed by atoms with Crippen molar-refractivity contribution < 1.29 is 27.1 Å². The van der Waals surface area contributed by atoms with Crippen LogP contribution in [0.25, 0.3) is 10.9 Å². The molecule has 1 fully saturated rings. The number of piperazine rings is 1. The molecule has 182 valence electrons. The van der Waals surface area contributed by atoms with Gasteiger partial charge in [0, 0.05) is 36.8 Å². The molecule has 4 rings (SSSR count). The molecular weight excluding hydrogens is 450 g/mol. The van der Waals surface area contributed by atoms with Crippen LogP contribution in [0.2, 0.25) is 0 Å². The summed E-state index contributed by atoms with van der Waals surface area (Å²) in [6, 6.07) is 9.04. The van der Waals surface area contributed by atoms with Gasteiger partial charge in [0.2, 0.25) is 5.91 Å². The molecule has 9 heteroatoms. The third-order valence-corrected chi connectivity index (χ3v) is 6.69. The lowest BCUT2D eigenvalue weighted by atomic mass is 10.1. The van der Waals surface area contributed by atoms with Gasteiger partial charge in [0.1, 0.15) is 11.6 Å². The average molecular weight is 478 g/mol. The van der Waals surface area contributed by atoms with Crippen molar-refractivity contribution in [3.63, 3.8) is 0 Å². The van der Waals surface area contributed by atoms with Crippen molar-refractivity contribution in [3.8, 4) is 5.75 Å². The molecule has 0 bridgehead atoms. The molecule has 1 aromatic heterocycles. The number of likely N-dealkylation sites (N-methyl/N-ethyl adjacent to an activating group) is 1. The van der Waals surface area contributed by atoms with Gasteiger partial charge in [0.25, 0.3) is 0 Å². The molecule has 0 unspecified atom stereocenters. The van der Waals surface area contributed by atoms with Crippen LogP contribution in [0.3, 0.4) is 0 Å². The van der Waals surface area contributed by atoms with Gasteiger partial charge in [-0.25, -0.2) is 4.39 Å². The van der Waals surface area contributed by atoms with Gasteiger partial charge in [-0.05, 0) is 50.7 Å². The normalized spacial score (nSPS) is 19.6. The number of benzene rings is 2. The van der Waals surface area contributed by atoms with Crippen molar-refractivity contribution in [1.82, 2.24) is 9.47 Å². The maximum Gasteiger partial charge on any atom is 0.419 e. The molecule has 0 aliphatic carbocycles. The second kappa shape index (κ2) is 8.94. The SMILES string of the molecule is COc1cc2ccn(C(=O)Cc3cccc(C(F)(F)F)c3F)c2cc1N1C[C@@H](C)N(C)[C@@H](C)C1. The van der Waals surface area contributed by atoms with E-state index in [0.717, 1.165) is 30.2 Å². The molecule has 34 heavy (non-hydrogen) atoms. The van der Waals surface area contributed by atoms with Gasteiger partial charge in [-0.1, -0.05) is 12.1 Å². The number of anilines is 1. The number of aromatic nitrogens is 1.